The van der Waals surface area contributed by atoms with Gasteiger partial charge >= 0.3 is 0 Å². The molecule has 0 bridgehead atoms. The Balaban J connectivity index is 2.00. The molecule has 1 saturated heterocycles. The predicted molar refractivity (Wildman–Crippen MR) is 64.3 cm³/mol. The molecule has 0 amide bonds. The molecule has 5 nitrogen and oxygen atoms in total. The van der Waals surface area contributed by atoms with Crippen LogP contribution < -0.4 is 5.32 Å². The molecule has 2 aromatic heterocycles. The van der Waals surface area contributed by atoms with Gasteiger partial charge in [-0.05, 0) is 32.4 Å². The van der Waals surface area contributed by atoms with Crippen molar-refractivity contribution in [1.29, 1.82) is 0 Å². The summed E-state index contributed by atoms with van der Waals surface area (Å²) < 4.78 is 0. The monoisotopic (exact) mass is 229 g/mol. The summed E-state index contributed by atoms with van der Waals surface area (Å²) in [4.78, 5) is 16.4. The van der Waals surface area contributed by atoms with Gasteiger partial charge in [0.05, 0.1) is 6.04 Å². The Kier molecular flexibility index (Phi) is 2.60. The Morgan fingerprint density at radius 3 is 3.00 bits per heavy atom. The van der Waals surface area contributed by atoms with Crippen molar-refractivity contribution < 1.29 is 0 Å². The second kappa shape index (κ2) is 4.25. The first-order valence-corrected chi connectivity index (χ1v) is 5.91. The van der Waals surface area contributed by atoms with Gasteiger partial charge in [0, 0.05) is 18.1 Å². The molecule has 0 saturated carbocycles. The Bertz CT molecular complexity index is 500. The predicted octanol–water partition coefficient (Wildman–Crippen LogP) is 1.60. The average molecular weight is 229 g/mol. The third-order valence-electron chi connectivity index (χ3n) is 2.98. The molecule has 1 atom stereocenters. The van der Waals surface area contributed by atoms with Gasteiger partial charge in [0.2, 0.25) is 0 Å². The standard InChI is InChI=1S/C12H15N5/c1-8-7-10(11-14-5-6-15-11)17-12(16-8)9-3-2-4-13-9/h5-7,9,13H,2-4H2,1H3,(H,14,15)/t9-/m1/s1. The van der Waals surface area contributed by atoms with Crippen LogP contribution in [0.15, 0.2) is 18.5 Å². The third-order valence-corrected chi connectivity index (χ3v) is 2.98. The van der Waals surface area contributed by atoms with E-state index in [4.69, 9.17) is 0 Å². The summed E-state index contributed by atoms with van der Waals surface area (Å²) >= 11 is 0. The highest BCUT2D eigenvalue weighted by molar-refractivity contribution is 5.49. The van der Waals surface area contributed by atoms with Gasteiger partial charge in [0.1, 0.15) is 11.5 Å². The Hall–Kier alpha value is -1.75. The maximum absolute atomic E-state index is 4.59. The van der Waals surface area contributed by atoms with Crippen molar-refractivity contribution in [3.63, 3.8) is 0 Å². The molecule has 3 rings (SSSR count). The van der Waals surface area contributed by atoms with Crippen molar-refractivity contribution in [3.05, 3.63) is 30.0 Å². The van der Waals surface area contributed by atoms with Crippen molar-refractivity contribution in [2.45, 2.75) is 25.8 Å². The Morgan fingerprint density at radius 2 is 2.29 bits per heavy atom. The first-order chi connectivity index (χ1) is 8.33. The number of nitrogens with zero attached hydrogens (tertiary/aromatic N) is 3. The Morgan fingerprint density at radius 1 is 1.35 bits per heavy atom. The van der Waals surface area contributed by atoms with Crippen molar-refractivity contribution >= 4 is 0 Å². The normalized spacial score (nSPS) is 19.7. The highest BCUT2D eigenvalue weighted by atomic mass is 15.0. The van der Waals surface area contributed by atoms with E-state index in [1.54, 1.807) is 12.4 Å². The molecule has 0 unspecified atom stereocenters. The number of hydrogen-bond donors (Lipinski definition) is 2. The number of hydrogen-bond acceptors (Lipinski definition) is 4. The molecule has 1 fully saturated rings. The van der Waals surface area contributed by atoms with E-state index in [2.05, 4.69) is 25.3 Å². The van der Waals surface area contributed by atoms with E-state index in [1.807, 2.05) is 13.0 Å². The van der Waals surface area contributed by atoms with E-state index in [9.17, 15) is 0 Å². The Labute approximate surface area is 99.7 Å². The number of H-pyrrole nitrogens is 1. The number of aryl methyl sites for hydroxylation is 1. The van der Waals surface area contributed by atoms with E-state index in [0.717, 1.165) is 36.0 Å². The molecule has 2 N–H and O–H groups in total. The van der Waals surface area contributed by atoms with E-state index in [-0.39, 0.29) is 0 Å². The second-order valence-electron chi connectivity index (χ2n) is 4.34. The molecule has 3 heterocycles. The van der Waals surface area contributed by atoms with Crippen LogP contribution in [-0.4, -0.2) is 26.5 Å². The fourth-order valence-corrected chi connectivity index (χ4v) is 2.18. The fourth-order valence-electron chi connectivity index (χ4n) is 2.18. The van der Waals surface area contributed by atoms with Crippen molar-refractivity contribution in [2.24, 2.45) is 0 Å². The molecular formula is C12H15N5. The zero-order chi connectivity index (χ0) is 11.7. The van der Waals surface area contributed by atoms with Gasteiger partial charge in [-0.3, -0.25) is 0 Å². The van der Waals surface area contributed by atoms with E-state index in [0.29, 0.717) is 6.04 Å². The van der Waals surface area contributed by atoms with Gasteiger partial charge in [0.15, 0.2) is 5.82 Å². The molecule has 2 aromatic rings. The summed E-state index contributed by atoms with van der Waals surface area (Å²) in [5.74, 6) is 1.68. The summed E-state index contributed by atoms with van der Waals surface area (Å²) in [6.07, 6.45) is 5.85. The molecule has 0 aliphatic carbocycles. The average Bonchev–Trinajstić information content (AvgIpc) is 3.02. The SMILES string of the molecule is Cc1cc(-c2ncc[nH]2)nc([C@H]2CCCN2)n1. The fraction of sp³-hybridized carbons (Fsp3) is 0.417. The smallest absolute Gasteiger partial charge is 0.156 e. The summed E-state index contributed by atoms with van der Waals surface area (Å²) in [5, 5.41) is 3.42. The third kappa shape index (κ3) is 2.06. The van der Waals surface area contributed by atoms with Crippen molar-refractivity contribution in [3.8, 4) is 11.5 Å². The lowest BCUT2D eigenvalue weighted by atomic mass is 10.2. The quantitative estimate of drug-likeness (QED) is 0.820. The molecule has 1 aliphatic rings. The van der Waals surface area contributed by atoms with Gasteiger partial charge in [-0.2, -0.15) is 0 Å². The first kappa shape index (κ1) is 10.4. The van der Waals surface area contributed by atoms with E-state index in [1.165, 1.54) is 6.42 Å². The summed E-state index contributed by atoms with van der Waals surface area (Å²) in [5.41, 5.74) is 1.85. The van der Waals surface area contributed by atoms with Gasteiger partial charge in [0.25, 0.3) is 0 Å². The minimum Gasteiger partial charge on any atom is -0.343 e. The molecule has 0 spiro atoms. The first-order valence-electron chi connectivity index (χ1n) is 5.91. The van der Waals surface area contributed by atoms with Crippen LogP contribution in [0.3, 0.4) is 0 Å². The van der Waals surface area contributed by atoms with Crippen molar-refractivity contribution in [2.75, 3.05) is 6.54 Å². The van der Waals surface area contributed by atoms with Gasteiger partial charge < -0.3 is 10.3 Å². The van der Waals surface area contributed by atoms with Gasteiger partial charge in [-0.1, -0.05) is 0 Å². The number of aromatic amines is 1. The minimum absolute atomic E-state index is 0.295. The number of imidazole rings is 1. The highest BCUT2D eigenvalue weighted by Crippen LogP contribution is 2.22. The van der Waals surface area contributed by atoms with Crippen LogP contribution in [-0.2, 0) is 0 Å². The molecule has 0 aromatic carbocycles. The van der Waals surface area contributed by atoms with Crippen LogP contribution in [0.1, 0.15) is 30.4 Å². The van der Waals surface area contributed by atoms with Crippen molar-refractivity contribution in [1.82, 2.24) is 25.3 Å². The van der Waals surface area contributed by atoms with Crippen LogP contribution in [0, 0.1) is 6.92 Å². The zero-order valence-corrected chi connectivity index (χ0v) is 9.77. The molecule has 1 aliphatic heterocycles. The summed E-state index contributed by atoms with van der Waals surface area (Å²) in [7, 11) is 0. The van der Waals surface area contributed by atoms with E-state index < -0.39 is 0 Å². The van der Waals surface area contributed by atoms with Crippen LogP contribution in [0.4, 0.5) is 0 Å². The maximum Gasteiger partial charge on any atom is 0.156 e. The summed E-state index contributed by atoms with van der Waals surface area (Å²) in [6.45, 7) is 3.05. The summed E-state index contributed by atoms with van der Waals surface area (Å²) in [6, 6.07) is 2.25. The van der Waals surface area contributed by atoms with Gasteiger partial charge in [-0.15, -0.1) is 0 Å². The highest BCUT2D eigenvalue weighted by Gasteiger charge is 2.20. The van der Waals surface area contributed by atoms with Crippen LogP contribution >= 0.6 is 0 Å². The minimum atomic E-state index is 0.295. The van der Waals surface area contributed by atoms with Crippen LogP contribution in [0.2, 0.25) is 0 Å². The molecule has 0 radical (unpaired) electrons. The van der Waals surface area contributed by atoms with Crippen LogP contribution in [0.25, 0.3) is 11.5 Å². The van der Waals surface area contributed by atoms with Crippen LogP contribution in [0.5, 0.6) is 0 Å². The molecular weight excluding hydrogens is 214 g/mol. The number of aromatic nitrogens is 4. The lowest BCUT2D eigenvalue weighted by molar-refractivity contribution is 0.603. The largest absolute Gasteiger partial charge is 0.343 e. The molecule has 17 heavy (non-hydrogen) atoms. The second-order valence-corrected chi connectivity index (χ2v) is 4.34. The number of rotatable bonds is 2. The molecule has 88 valence electrons. The van der Waals surface area contributed by atoms with Gasteiger partial charge in [-0.25, -0.2) is 15.0 Å². The lowest BCUT2D eigenvalue weighted by Crippen LogP contribution is -2.16. The zero-order valence-electron chi connectivity index (χ0n) is 9.77. The van der Waals surface area contributed by atoms with E-state index >= 15 is 0 Å². The topological polar surface area (TPSA) is 66.5 Å². The lowest BCUT2D eigenvalue weighted by Gasteiger charge is -2.10. The molecule has 5 heteroatoms. The maximum atomic E-state index is 4.59. The number of nitrogens with one attached hydrogen (secondary N) is 2.